The van der Waals surface area contributed by atoms with E-state index >= 15 is 0 Å². The first-order valence-electron chi connectivity index (χ1n) is 10.3. The standard InChI is InChI=1S/C23H24N8/c1-25-10-17(9-24)19-12-26-23-22(19)29-21(13-27-23)31-7-3-4-16-8-15(5-6-20(16)31)18-11-28-30(2)14-18/h5-6,8-14,24-25H,3-4,7H2,1-2H3,(H,26,27)/b17-10+,24-9?. The molecule has 0 radical (unpaired) electrons. The lowest BCUT2D eigenvalue weighted by Gasteiger charge is -2.30. The Kier molecular flexibility index (Phi) is 4.74. The van der Waals surface area contributed by atoms with Crippen LogP contribution < -0.4 is 10.2 Å². The number of anilines is 2. The molecule has 8 heteroatoms. The van der Waals surface area contributed by atoms with Crippen LogP contribution in [-0.2, 0) is 13.5 Å². The molecule has 31 heavy (non-hydrogen) atoms. The van der Waals surface area contributed by atoms with E-state index in [0.29, 0.717) is 5.65 Å². The number of aromatic amines is 1. The lowest BCUT2D eigenvalue weighted by atomic mass is 9.97. The first-order valence-corrected chi connectivity index (χ1v) is 10.3. The molecule has 0 aliphatic carbocycles. The van der Waals surface area contributed by atoms with E-state index in [2.05, 4.69) is 43.5 Å². The van der Waals surface area contributed by atoms with Crippen LogP contribution in [0.1, 0.15) is 17.5 Å². The van der Waals surface area contributed by atoms with Gasteiger partial charge in [0.05, 0.1) is 12.4 Å². The Morgan fingerprint density at radius 1 is 1.26 bits per heavy atom. The van der Waals surface area contributed by atoms with Gasteiger partial charge in [0.2, 0.25) is 0 Å². The van der Waals surface area contributed by atoms with Crippen molar-refractivity contribution in [1.82, 2.24) is 30.0 Å². The van der Waals surface area contributed by atoms with Gasteiger partial charge in [0.15, 0.2) is 11.5 Å². The quantitative estimate of drug-likeness (QED) is 0.435. The van der Waals surface area contributed by atoms with Crippen LogP contribution in [-0.4, -0.2) is 44.5 Å². The van der Waals surface area contributed by atoms with Gasteiger partial charge in [-0.15, -0.1) is 0 Å². The number of benzene rings is 1. The SMILES string of the molecule is CN/C=C(\C=N)c1c[nH]c2ncc(N3CCCc4cc(-c5cnn(C)c5)ccc43)nc12. The summed E-state index contributed by atoms with van der Waals surface area (Å²) in [5, 5.41) is 15.0. The number of hydrogen-bond donors (Lipinski definition) is 3. The second-order valence-corrected chi connectivity index (χ2v) is 7.66. The van der Waals surface area contributed by atoms with E-state index in [1.165, 1.54) is 23.0 Å². The average Bonchev–Trinajstić information content (AvgIpc) is 3.42. The predicted molar refractivity (Wildman–Crippen MR) is 124 cm³/mol. The Morgan fingerprint density at radius 2 is 2.16 bits per heavy atom. The van der Waals surface area contributed by atoms with Crippen LogP contribution in [0, 0.1) is 5.41 Å². The minimum absolute atomic E-state index is 0.715. The number of allylic oxidation sites excluding steroid dienone is 1. The molecule has 3 aromatic heterocycles. The molecular weight excluding hydrogens is 388 g/mol. The van der Waals surface area contributed by atoms with Crippen LogP contribution in [0.4, 0.5) is 11.5 Å². The van der Waals surface area contributed by atoms with E-state index in [9.17, 15) is 0 Å². The van der Waals surface area contributed by atoms with Crippen molar-refractivity contribution in [3.63, 3.8) is 0 Å². The molecule has 3 N–H and O–H groups in total. The van der Waals surface area contributed by atoms with Crippen molar-refractivity contribution < 1.29 is 0 Å². The molecule has 156 valence electrons. The summed E-state index contributed by atoms with van der Waals surface area (Å²) >= 11 is 0. The summed E-state index contributed by atoms with van der Waals surface area (Å²) in [6.07, 6.45) is 12.8. The molecule has 0 amide bonds. The predicted octanol–water partition coefficient (Wildman–Crippen LogP) is 3.65. The van der Waals surface area contributed by atoms with Crippen LogP contribution in [0.5, 0.6) is 0 Å². The number of fused-ring (bicyclic) bond motifs is 2. The highest BCUT2D eigenvalue weighted by atomic mass is 15.2. The highest BCUT2D eigenvalue weighted by molar-refractivity contribution is 6.12. The van der Waals surface area contributed by atoms with Gasteiger partial charge in [0.25, 0.3) is 0 Å². The smallest absolute Gasteiger partial charge is 0.156 e. The minimum atomic E-state index is 0.715. The Morgan fingerprint density at radius 3 is 2.94 bits per heavy atom. The number of hydrogen-bond acceptors (Lipinski definition) is 6. The van der Waals surface area contributed by atoms with Gasteiger partial charge >= 0.3 is 0 Å². The summed E-state index contributed by atoms with van der Waals surface area (Å²) in [6, 6.07) is 6.57. The topological polar surface area (TPSA) is 98.5 Å². The maximum absolute atomic E-state index is 7.74. The van der Waals surface area contributed by atoms with Crippen molar-refractivity contribution in [2.45, 2.75) is 12.8 Å². The monoisotopic (exact) mass is 412 g/mol. The fourth-order valence-electron chi connectivity index (χ4n) is 4.17. The van der Waals surface area contributed by atoms with Crippen LogP contribution in [0.3, 0.4) is 0 Å². The molecule has 0 saturated heterocycles. The molecule has 0 atom stereocenters. The fourth-order valence-corrected chi connectivity index (χ4v) is 4.17. The Bertz CT molecular complexity index is 1300. The number of aromatic nitrogens is 5. The van der Waals surface area contributed by atoms with Gasteiger partial charge in [-0.05, 0) is 36.1 Å². The first kappa shape index (κ1) is 19.0. The molecule has 0 bridgehead atoms. The molecule has 1 aromatic carbocycles. The summed E-state index contributed by atoms with van der Waals surface area (Å²) in [7, 11) is 3.75. The highest BCUT2D eigenvalue weighted by Gasteiger charge is 2.21. The third-order valence-electron chi connectivity index (χ3n) is 5.65. The molecule has 4 heterocycles. The third-order valence-corrected chi connectivity index (χ3v) is 5.65. The normalized spacial score (nSPS) is 14.0. The van der Waals surface area contributed by atoms with E-state index in [4.69, 9.17) is 10.4 Å². The van der Waals surface area contributed by atoms with Crippen molar-refractivity contribution >= 4 is 34.5 Å². The molecular formula is C23H24N8. The molecule has 4 aromatic rings. The van der Waals surface area contributed by atoms with Gasteiger partial charge < -0.3 is 20.6 Å². The summed E-state index contributed by atoms with van der Waals surface area (Å²) in [5.74, 6) is 0.817. The van der Waals surface area contributed by atoms with E-state index in [1.807, 2.05) is 43.6 Å². The zero-order valence-electron chi connectivity index (χ0n) is 17.6. The Labute approximate surface area is 180 Å². The Balaban J connectivity index is 1.55. The number of rotatable bonds is 5. The highest BCUT2D eigenvalue weighted by Crippen LogP contribution is 2.36. The van der Waals surface area contributed by atoms with Crippen molar-refractivity contribution in [3.8, 4) is 11.1 Å². The summed E-state index contributed by atoms with van der Waals surface area (Å²) in [4.78, 5) is 14.9. The maximum atomic E-state index is 7.74. The summed E-state index contributed by atoms with van der Waals surface area (Å²) in [6.45, 7) is 0.892. The number of nitrogens with one attached hydrogen (secondary N) is 3. The Hall–Kier alpha value is -3.94. The number of aryl methyl sites for hydroxylation is 2. The lowest BCUT2D eigenvalue weighted by Crippen LogP contribution is -2.25. The molecule has 0 spiro atoms. The fraction of sp³-hybridized carbons (Fsp3) is 0.217. The van der Waals surface area contributed by atoms with Gasteiger partial charge in [0, 0.05) is 67.8 Å². The van der Waals surface area contributed by atoms with Gasteiger partial charge in [-0.25, -0.2) is 9.97 Å². The molecule has 0 saturated carbocycles. The largest absolute Gasteiger partial charge is 0.393 e. The van der Waals surface area contributed by atoms with E-state index in [-0.39, 0.29) is 0 Å². The molecule has 0 unspecified atom stereocenters. The maximum Gasteiger partial charge on any atom is 0.156 e. The van der Waals surface area contributed by atoms with Gasteiger partial charge in [-0.3, -0.25) is 4.68 Å². The van der Waals surface area contributed by atoms with Gasteiger partial charge in [0.1, 0.15) is 5.52 Å². The second-order valence-electron chi connectivity index (χ2n) is 7.66. The lowest BCUT2D eigenvalue weighted by molar-refractivity contribution is 0.760. The van der Waals surface area contributed by atoms with Crippen LogP contribution >= 0.6 is 0 Å². The third kappa shape index (κ3) is 3.35. The van der Waals surface area contributed by atoms with Crippen molar-refractivity contribution in [2.75, 3.05) is 18.5 Å². The van der Waals surface area contributed by atoms with Crippen LogP contribution in [0.15, 0.2) is 49.2 Å². The van der Waals surface area contributed by atoms with Crippen molar-refractivity contribution in [3.05, 3.63) is 60.3 Å². The van der Waals surface area contributed by atoms with E-state index in [0.717, 1.165) is 47.4 Å². The molecule has 5 rings (SSSR count). The van der Waals surface area contributed by atoms with E-state index in [1.54, 1.807) is 6.20 Å². The molecule has 8 nitrogen and oxygen atoms in total. The van der Waals surface area contributed by atoms with Crippen LogP contribution in [0.2, 0.25) is 0 Å². The summed E-state index contributed by atoms with van der Waals surface area (Å²) < 4.78 is 1.82. The molecule has 1 aliphatic rings. The van der Waals surface area contributed by atoms with Gasteiger partial charge in [-0.2, -0.15) is 5.10 Å². The zero-order chi connectivity index (χ0) is 21.4. The molecule has 0 fully saturated rings. The first-order chi connectivity index (χ1) is 15.2. The molecule has 1 aliphatic heterocycles. The number of H-pyrrole nitrogens is 1. The minimum Gasteiger partial charge on any atom is -0.393 e. The average molecular weight is 413 g/mol. The van der Waals surface area contributed by atoms with E-state index < -0.39 is 0 Å². The van der Waals surface area contributed by atoms with Crippen LogP contribution in [0.25, 0.3) is 27.9 Å². The van der Waals surface area contributed by atoms with Crippen molar-refractivity contribution in [2.24, 2.45) is 7.05 Å². The zero-order valence-corrected chi connectivity index (χ0v) is 17.6. The second kappa shape index (κ2) is 7.71. The summed E-state index contributed by atoms with van der Waals surface area (Å²) in [5.41, 5.74) is 7.86. The number of nitrogens with zero attached hydrogens (tertiary/aromatic N) is 5. The van der Waals surface area contributed by atoms with Gasteiger partial charge in [-0.1, -0.05) is 6.07 Å². The van der Waals surface area contributed by atoms with Crippen molar-refractivity contribution in [1.29, 1.82) is 5.41 Å².